The van der Waals surface area contributed by atoms with E-state index in [1.54, 1.807) is 29.2 Å². The van der Waals surface area contributed by atoms with Gasteiger partial charge in [0.25, 0.3) is 0 Å². The highest BCUT2D eigenvalue weighted by molar-refractivity contribution is 6.04. The molecule has 4 rings (SSSR count). The van der Waals surface area contributed by atoms with E-state index in [4.69, 9.17) is 0 Å². The molecule has 1 N–H and O–H groups in total. The molecule has 2 amide bonds. The van der Waals surface area contributed by atoms with Crippen molar-refractivity contribution < 1.29 is 9.59 Å². The van der Waals surface area contributed by atoms with Crippen molar-refractivity contribution in [2.24, 2.45) is 11.8 Å². The second-order valence-corrected chi connectivity index (χ2v) is 7.34. The Hall–Kier alpha value is -3.91. The van der Waals surface area contributed by atoms with E-state index >= 15 is 0 Å². The van der Waals surface area contributed by atoms with Crippen molar-refractivity contribution in [2.45, 2.75) is 13.0 Å². The zero-order valence-corrected chi connectivity index (χ0v) is 16.4. The molecule has 0 aliphatic heterocycles. The summed E-state index contributed by atoms with van der Waals surface area (Å²) in [4.78, 5) is 27.7. The number of anilines is 2. The van der Waals surface area contributed by atoms with Crippen LogP contribution in [0.5, 0.6) is 0 Å². The molecule has 1 aliphatic rings. The Balaban J connectivity index is 1.49. The molecule has 0 saturated heterocycles. The Labute approximate surface area is 175 Å². The third-order valence-corrected chi connectivity index (χ3v) is 5.27. The van der Waals surface area contributed by atoms with E-state index in [9.17, 15) is 14.9 Å². The lowest BCUT2D eigenvalue weighted by atomic mass is 10.1. The Bertz CT molecular complexity index is 1090. The normalized spacial score (nSPS) is 16.9. The van der Waals surface area contributed by atoms with Gasteiger partial charge in [0, 0.05) is 5.69 Å². The van der Waals surface area contributed by atoms with Crippen LogP contribution in [-0.4, -0.2) is 11.8 Å². The molecule has 0 spiro atoms. The van der Waals surface area contributed by atoms with Gasteiger partial charge in [-0.25, -0.2) is 0 Å². The highest BCUT2D eigenvalue weighted by Crippen LogP contribution is 2.42. The summed E-state index contributed by atoms with van der Waals surface area (Å²) in [6.45, 7) is 0.450. The maximum atomic E-state index is 13.3. The third-order valence-electron chi connectivity index (χ3n) is 5.27. The summed E-state index contributed by atoms with van der Waals surface area (Å²) in [6.07, 6.45) is 0.511. The molecular formula is C25H21N3O2. The van der Waals surface area contributed by atoms with Crippen molar-refractivity contribution in [1.29, 1.82) is 5.26 Å². The van der Waals surface area contributed by atoms with Crippen LogP contribution >= 0.6 is 0 Å². The number of para-hydroxylation sites is 2. The Morgan fingerprint density at radius 2 is 1.53 bits per heavy atom. The number of benzene rings is 3. The van der Waals surface area contributed by atoms with Crippen LogP contribution in [0.3, 0.4) is 0 Å². The Morgan fingerprint density at radius 1 is 0.900 bits per heavy atom. The fourth-order valence-corrected chi connectivity index (χ4v) is 3.54. The predicted molar refractivity (Wildman–Crippen MR) is 115 cm³/mol. The summed E-state index contributed by atoms with van der Waals surface area (Å²) in [5.41, 5.74) is 2.73. The van der Waals surface area contributed by atoms with Crippen molar-refractivity contribution in [3.63, 3.8) is 0 Å². The van der Waals surface area contributed by atoms with Crippen molar-refractivity contribution in [3.8, 4) is 6.07 Å². The van der Waals surface area contributed by atoms with Crippen molar-refractivity contribution in [3.05, 3.63) is 96.1 Å². The fraction of sp³-hybridized carbons (Fsp3) is 0.160. The van der Waals surface area contributed by atoms with Gasteiger partial charge in [0.15, 0.2) is 0 Å². The molecular weight excluding hydrogens is 374 g/mol. The maximum Gasteiger partial charge on any atom is 0.231 e. The van der Waals surface area contributed by atoms with Crippen LogP contribution in [0.4, 0.5) is 11.4 Å². The van der Waals surface area contributed by atoms with E-state index in [1.165, 1.54) is 0 Å². The minimum atomic E-state index is -0.383. The first kappa shape index (κ1) is 19.4. The van der Waals surface area contributed by atoms with Gasteiger partial charge in [-0.2, -0.15) is 5.26 Å². The number of hydrogen-bond donors (Lipinski definition) is 1. The van der Waals surface area contributed by atoms with Gasteiger partial charge in [0.05, 0.1) is 29.6 Å². The summed E-state index contributed by atoms with van der Waals surface area (Å²) >= 11 is 0. The molecule has 0 aromatic heterocycles. The summed E-state index contributed by atoms with van der Waals surface area (Å²) in [5.74, 6) is -1.02. The lowest BCUT2D eigenvalue weighted by molar-refractivity contribution is -0.123. The van der Waals surface area contributed by atoms with Crippen LogP contribution in [-0.2, 0) is 16.1 Å². The van der Waals surface area contributed by atoms with Gasteiger partial charge in [-0.3, -0.25) is 9.59 Å². The van der Waals surface area contributed by atoms with Crippen LogP contribution in [0.25, 0.3) is 0 Å². The van der Waals surface area contributed by atoms with Gasteiger partial charge in [-0.15, -0.1) is 0 Å². The first-order chi connectivity index (χ1) is 14.7. The molecule has 5 nitrogen and oxygen atoms in total. The molecule has 5 heteroatoms. The van der Waals surface area contributed by atoms with Crippen LogP contribution < -0.4 is 10.2 Å². The van der Waals surface area contributed by atoms with E-state index in [-0.39, 0.29) is 23.7 Å². The van der Waals surface area contributed by atoms with Gasteiger partial charge in [-0.1, -0.05) is 60.7 Å². The van der Waals surface area contributed by atoms with Gasteiger partial charge < -0.3 is 10.2 Å². The van der Waals surface area contributed by atoms with E-state index < -0.39 is 0 Å². The largest absolute Gasteiger partial charge is 0.325 e. The average molecular weight is 395 g/mol. The Morgan fingerprint density at radius 3 is 2.23 bits per heavy atom. The van der Waals surface area contributed by atoms with Crippen molar-refractivity contribution in [1.82, 2.24) is 0 Å². The number of rotatable bonds is 6. The third kappa shape index (κ3) is 4.23. The number of nitriles is 1. The number of nitrogens with zero attached hydrogens (tertiary/aromatic N) is 2. The number of hydrogen-bond acceptors (Lipinski definition) is 3. The summed E-state index contributed by atoms with van der Waals surface area (Å²) < 4.78 is 0. The lowest BCUT2D eigenvalue weighted by Gasteiger charge is -2.23. The SMILES string of the molecule is N#Cc1ccccc1NC(=O)C1CC1C(=O)N(Cc1ccccc1)c1ccccc1. The van der Waals surface area contributed by atoms with E-state index in [2.05, 4.69) is 11.4 Å². The van der Waals surface area contributed by atoms with Crippen LogP contribution in [0.15, 0.2) is 84.9 Å². The number of amides is 2. The van der Waals surface area contributed by atoms with Gasteiger partial charge in [0.1, 0.15) is 6.07 Å². The highest BCUT2D eigenvalue weighted by Gasteiger charge is 2.49. The van der Waals surface area contributed by atoms with Crippen LogP contribution in [0.2, 0.25) is 0 Å². The van der Waals surface area contributed by atoms with Gasteiger partial charge in [0.2, 0.25) is 11.8 Å². The van der Waals surface area contributed by atoms with Crippen LogP contribution in [0, 0.1) is 23.2 Å². The molecule has 1 saturated carbocycles. The molecule has 3 aromatic carbocycles. The first-order valence-corrected chi connectivity index (χ1v) is 9.87. The highest BCUT2D eigenvalue weighted by atomic mass is 16.2. The monoisotopic (exact) mass is 395 g/mol. The van der Waals surface area contributed by atoms with E-state index in [0.29, 0.717) is 24.2 Å². The summed E-state index contributed by atoms with van der Waals surface area (Å²) in [7, 11) is 0. The van der Waals surface area contributed by atoms with Crippen molar-refractivity contribution >= 4 is 23.2 Å². The molecule has 0 heterocycles. The minimum absolute atomic E-state index is 0.0567. The topological polar surface area (TPSA) is 73.2 Å². The quantitative estimate of drug-likeness (QED) is 0.674. The zero-order chi connectivity index (χ0) is 20.9. The molecule has 1 aliphatic carbocycles. The average Bonchev–Trinajstić information content (AvgIpc) is 3.60. The Kier molecular flexibility index (Phi) is 5.58. The summed E-state index contributed by atoms with van der Waals surface area (Å²) in [6, 6.07) is 28.3. The molecule has 148 valence electrons. The number of carbonyl (C=O) groups is 2. The second kappa shape index (κ2) is 8.62. The fourth-order valence-electron chi connectivity index (χ4n) is 3.54. The second-order valence-electron chi connectivity index (χ2n) is 7.34. The lowest BCUT2D eigenvalue weighted by Crippen LogP contribution is -2.33. The van der Waals surface area contributed by atoms with Gasteiger partial charge >= 0.3 is 0 Å². The molecule has 2 atom stereocenters. The molecule has 1 fully saturated rings. The van der Waals surface area contributed by atoms with E-state index in [0.717, 1.165) is 11.3 Å². The minimum Gasteiger partial charge on any atom is -0.325 e. The predicted octanol–water partition coefficient (Wildman–Crippen LogP) is 4.37. The number of nitrogens with one attached hydrogen (secondary N) is 1. The first-order valence-electron chi connectivity index (χ1n) is 9.87. The molecule has 0 bridgehead atoms. The molecule has 0 radical (unpaired) electrons. The maximum absolute atomic E-state index is 13.3. The zero-order valence-electron chi connectivity index (χ0n) is 16.4. The number of carbonyl (C=O) groups excluding carboxylic acids is 2. The van der Waals surface area contributed by atoms with Gasteiger partial charge in [-0.05, 0) is 36.2 Å². The van der Waals surface area contributed by atoms with Crippen molar-refractivity contribution in [2.75, 3.05) is 10.2 Å². The smallest absolute Gasteiger partial charge is 0.231 e. The standard InChI is InChI=1S/C25H21N3O2/c26-16-19-11-7-8-14-23(19)27-24(29)21-15-22(21)25(30)28(20-12-5-2-6-13-20)17-18-9-3-1-4-10-18/h1-14,21-22H,15,17H2,(H,27,29). The van der Waals surface area contributed by atoms with E-state index in [1.807, 2.05) is 60.7 Å². The summed E-state index contributed by atoms with van der Waals surface area (Å²) in [5, 5.41) is 12.0. The molecule has 3 aromatic rings. The molecule has 30 heavy (non-hydrogen) atoms. The van der Waals surface area contributed by atoms with Crippen LogP contribution in [0.1, 0.15) is 17.5 Å². The molecule has 2 unspecified atom stereocenters.